The van der Waals surface area contributed by atoms with Gasteiger partial charge in [-0.3, -0.25) is 0 Å². The molecule has 0 amide bonds. The summed E-state index contributed by atoms with van der Waals surface area (Å²) in [6.07, 6.45) is 1.26. The molecule has 0 saturated heterocycles. The minimum absolute atomic E-state index is 0.289. The Morgan fingerprint density at radius 2 is 2.00 bits per heavy atom. The van der Waals surface area contributed by atoms with Crippen LogP contribution in [0.25, 0.3) is 0 Å². The quantitative estimate of drug-likeness (QED) is 0.870. The van der Waals surface area contributed by atoms with Gasteiger partial charge in [0.25, 0.3) is 0 Å². The molecule has 1 aromatic rings. The van der Waals surface area contributed by atoms with Gasteiger partial charge in [0.05, 0.1) is 6.10 Å². The Morgan fingerprint density at radius 1 is 1.31 bits per heavy atom. The van der Waals surface area contributed by atoms with Crippen LogP contribution in [0.2, 0.25) is 0 Å². The van der Waals surface area contributed by atoms with Gasteiger partial charge < -0.3 is 10.5 Å². The fraction of sp³-hybridized carbons (Fsp3) is 0.538. The average Bonchev–Trinajstić information content (AvgIpc) is 2.25. The fourth-order valence-corrected chi connectivity index (χ4v) is 2.26. The number of hydrogen-bond donors (Lipinski definition) is 1. The largest absolute Gasteiger partial charge is 0.379 e. The number of rotatable bonds is 6. The molecule has 0 aromatic heterocycles. The lowest BCUT2D eigenvalue weighted by Gasteiger charge is -2.17. The Morgan fingerprint density at radius 3 is 2.56 bits per heavy atom. The van der Waals surface area contributed by atoms with E-state index in [0.717, 1.165) is 17.5 Å². The minimum atomic E-state index is 0.289. The topological polar surface area (TPSA) is 35.2 Å². The predicted molar refractivity (Wildman–Crippen MR) is 71.6 cm³/mol. The first-order chi connectivity index (χ1) is 7.65. The van der Waals surface area contributed by atoms with Crippen LogP contribution in [0.3, 0.4) is 0 Å². The highest BCUT2D eigenvalue weighted by Crippen LogP contribution is 2.26. The lowest BCUT2D eigenvalue weighted by Crippen LogP contribution is -2.16. The van der Waals surface area contributed by atoms with Crippen molar-refractivity contribution in [2.45, 2.75) is 32.3 Å². The lowest BCUT2D eigenvalue weighted by molar-refractivity contribution is 0.0737. The van der Waals surface area contributed by atoms with Crippen molar-refractivity contribution in [2.75, 3.05) is 13.2 Å². The number of benzene rings is 1. The van der Waals surface area contributed by atoms with Crippen molar-refractivity contribution in [3.8, 4) is 0 Å². The van der Waals surface area contributed by atoms with Crippen LogP contribution in [-0.4, -0.2) is 19.3 Å². The monoisotopic (exact) mass is 285 g/mol. The van der Waals surface area contributed by atoms with Gasteiger partial charge in [0.2, 0.25) is 0 Å². The second-order valence-corrected chi connectivity index (χ2v) is 5.02. The van der Waals surface area contributed by atoms with Gasteiger partial charge in [0.15, 0.2) is 0 Å². The molecule has 0 bridgehead atoms. The van der Waals surface area contributed by atoms with E-state index < -0.39 is 0 Å². The van der Waals surface area contributed by atoms with Crippen LogP contribution in [0.1, 0.15) is 31.7 Å². The van der Waals surface area contributed by atoms with E-state index >= 15 is 0 Å². The normalized spacial score (nSPS) is 13.1. The van der Waals surface area contributed by atoms with Crippen LogP contribution in [0, 0.1) is 0 Å². The molecular formula is C13H20BrNO. The number of halogens is 1. The summed E-state index contributed by atoms with van der Waals surface area (Å²) in [6.45, 7) is 5.52. The first-order valence-corrected chi connectivity index (χ1v) is 6.50. The molecule has 0 fully saturated rings. The maximum absolute atomic E-state index is 5.81. The van der Waals surface area contributed by atoms with Gasteiger partial charge in [0, 0.05) is 11.1 Å². The maximum Gasteiger partial charge on any atom is 0.0518 e. The zero-order chi connectivity index (χ0) is 12.0. The van der Waals surface area contributed by atoms with E-state index in [-0.39, 0.29) is 6.10 Å². The standard InChI is InChI=1S/C13H20BrNO/c1-10(2)16-8-7-11(9-15)12-5-3-4-6-13(12)14/h3-6,10-11H,7-9,15H2,1-2H3. The van der Waals surface area contributed by atoms with Crippen molar-refractivity contribution < 1.29 is 4.74 Å². The molecule has 90 valence electrons. The summed E-state index contributed by atoms with van der Waals surface area (Å²) in [5.74, 6) is 0.370. The molecule has 1 aromatic carbocycles. The highest BCUT2D eigenvalue weighted by molar-refractivity contribution is 9.10. The van der Waals surface area contributed by atoms with Gasteiger partial charge in [0.1, 0.15) is 0 Å². The highest BCUT2D eigenvalue weighted by atomic mass is 79.9. The van der Waals surface area contributed by atoms with Crippen molar-refractivity contribution >= 4 is 15.9 Å². The van der Waals surface area contributed by atoms with Gasteiger partial charge in [-0.15, -0.1) is 0 Å². The summed E-state index contributed by atoms with van der Waals surface area (Å²) in [7, 11) is 0. The van der Waals surface area contributed by atoms with Crippen LogP contribution in [0.4, 0.5) is 0 Å². The Balaban J connectivity index is 2.57. The molecule has 0 aliphatic heterocycles. The van der Waals surface area contributed by atoms with Gasteiger partial charge in [-0.2, -0.15) is 0 Å². The van der Waals surface area contributed by atoms with Gasteiger partial charge in [-0.05, 0) is 44.4 Å². The molecule has 16 heavy (non-hydrogen) atoms. The molecule has 0 heterocycles. The van der Waals surface area contributed by atoms with Crippen molar-refractivity contribution in [3.05, 3.63) is 34.3 Å². The molecule has 0 spiro atoms. The van der Waals surface area contributed by atoms with Crippen LogP contribution in [0.5, 0.6) is 0 Å². The summed E-state index contributed by atoms with van der Waals surface area (Å²) in [4.78, 5) is 0. The van der Waals surface area contributed by atoms with E-state index in [1.165, 1.54) is 5.56 Å². The molecule has 0 aliphatic carbocycles. The van der Waals surface area contributed by atoms with Crippen molar-refractivity contribution in [2.24, 2.45) is 5.73 Å². The van der Waals surface area contributed by atoms with Gasteiger partial charge in [-0.25, -0.2) is 0 Å². The first kappa shape index (κ1) is 13.7. The number of hydrogen-bond acceptors (Lipinski definition) is 2. The van der Waals surface area contributed by atoms with Crippen molar-refractivity contribution in [1.29, 1.82) is 0 Å². The smallest absolute Gasteiger partial charge is 0.0518 e. The molecule has 1 unspecified atom stereocenters. The molecular weight excluding hydrogens is 266 g/mol. The Hall–Kier alpha value is -0.380. The third kappa shape index (κ3) is 4.24. The van der Waals surface area contributed by atoms with Crippen LogP contribution >= 0.6 is 15.9 Å². The molecule has 0 aliphatic rings. The van der Waals surface area contributed by atoms with Crippen molar-refractivity contribution in [1.82, 2.24) is 0 Å². The van der Waals surface area contributed by atoms with E-state index in [2.05, 4.69) is 41.9 Å². The van der Waals surface area contributed by atoms with E-state index in [1.54, 1.807) is 0 Å². The van der Waals surface area contributed by atoms with Gasteiger partial charge in [-0.1, -0.05) is 34.1 Å². The van der Waals surface area contributed by atoms with E-state index in [1.807, 2.05) is 12.1 Å². The Kier molecular flexibility index (Phi) is 6.03. The Labute approximate surface area is 106 Å². The second-order valence-electron chi connectivity index (χ2n) is 4.16. The molecule has 2 nitrogen and oxygen atoms in total. The minimum Gasteiger partial charge on any atom is -0.379 e. The predicted octanol–water partition coefficient (Wildman–Crippen LogP) is 3.31. The molecule has 0 radical (unpaired) electrons. The van der Waals surface area contributed by atoms with Crippen LogP contribution in [-0.2, 0) is 4.74 Å². The number of nitrogens with two attached hydrogens (primary N) is 1. The number of ether oxygens (including phenoxy) is 1. The fourth-order valence-electron chi connectivity index (χ4n) is 1.65. The first-order valence-electron chi connectivity index (χ1n) is 5.71. The lowest BCUT2D eigenvalue weighted by atomic mass is 9.96. The maximum atomic E-state index is 5.81. The zero-order valence-corrected chi connectivity index (χ0v) is 11.5. The summed E-state index contributed by atoms with van der Waals surface area (Å²) in [5, 5.41) is 0. The summed E-state index contributed by atoms with van der Waals surface area (Å²) in [6, 6.07) is 8.25. The second kappa shape index (κ2) is 7.05. The summed E-state index contributed by atoms with van der Waals surface area (Å²) >= 11 is 3.56. The van der Waals surface area contributed by atoms with E-state index in [9.17, 15) is 0 Å². The van der Waals surface area contributed by atoms with Gasteiger partial charge >= 0.3 is 0 Å². The molecule has 0 saturated carbocycles. The molecule has 1 atom stereocenters. The third-order valence-electron chi connectivity index (χ3n) is 2.55. The van der Waals surface area contributed by atoms with Crippen LogP contribution < -0.4 is 5.73 Å². The third-order valence-corrected chi connectivity index (χ3v) is 3.27. The zero-order valence-electron chi connectivity index (χ0n) is 9.95. The SMILES string of the molecule is CC(C)OCCC(CN)c1ccccc1Br. The average molecular weight is 286 g/mol. The van der Waals surface area contributed by atoms with E-state index in [4.69, 9.17) is 10.5 Å². The molecule has 3 heteroatoms. The molecule has 2 N–H and O–H groups in total. The summed E-state index contributed by atoms with van der Waals surface area (Å²) < 4.78 is 6.70. The van der Waals surface area contributed by atoms with Crippen LogP contribution in [0.15, 0.2) is 28.7 Å². The highest BCUT2D eigenvalue weighted by Gasteiger charge is 2.12. The summed E-state index contributed by atoms with van der Waals surface area (Å²) in [5.41, 5.74) is 7.09. The van der Waals surface area contributed by atoms with Crippen molar-refractivity contribution in [3.63, 3.8) is 0 Å². The molecule has 1 rings (SSSR count). The van der Waals surface area contributed by atoms with E-state index in [0.29, 0.717) is 12.5 Å². The Bertz CT molecular complexity index is 315.